The second kappa shape index (κ2) is 8.05. The molecule has 8 nitrogen and oxygen atoms in total. The van der Waals surface area contributed by atoms with Gasteiger partial charge in [-0.3, -0.25) is 19.3 Å². The van der Waals surface area contributed by atoms with Gasteiger partial charge in [0.15, 0.2) is 5.70 Å². The third kappa shape index (κ3) is 3.77. The van der Waals surface area contributed by atoms with Crippen LogP contribution in [0.3, 0.4) is 0 Å². The fourth-order valence-electron chi connectivity index (χ4n) is 2.81. The first-order valence-corrected chi connectivity index (χ1v) is 8.81. The van der Waals surface area contributed by atoms with E-state index in [1.807, 2.05) is 18.2 Å². The molecular formula is C21H20N4O4. The Morgan fingerprint density at radius 1 is 1.03 bits per heavy atom. The van der Waals surface area contributed by atoms with E-state index in [0.29, 0.717) is 22.7 Å². The summed E-state index contributed by atoms with van der Waals surface area (Å²) in [5.41, 5.74) is 1.64. The molecule has 2 aromatic carbocycles. The van der Waals surface area contributed by atoms with Gasteiger partial charge in [-0.2, -0.15) is 5.11 Å². The van der Waals surface area contributed by atoms with Crippen LogP contribution in [0.15, 0.2) is 70.2 Å². The van der Waals surface area contributed by atoms with Gasteiger partial charge in [0.25, 0.3) is 17.7 Å². The number of hydrogen-bond acceptors (Lipinski definition) is 6. The van der Waals surface area contributed by atoms with Gasteiger partial charge in [-0.1, -0.05) is 18.2 Å². The van der Waals surface area contributed by atoms with Crippen molar-refractivity contribution in [3.63, 3.8) is 0 Å². The van der Waals surface area contributed by atoms with Crippen LogP contribution >= 0.6 is 0 Å². The highest BCUT2D eigenvalue weighted by Crippen LogP contribution is 2.27. The molecule has 3 amide bonds. The highest BCUT2D eigenvalue weighted by Gasteiger charge is 2.32. The van der Waals surface area contributed by atoms with Crippen molar-refractivity contribution in [1.29, 1.82) is 0 Å². The van der Waals surface area contributed by atoms with Crippen LogP contribution < -0.4 is 4.90 Å². The van der Waals surface area contributed by atoms with E-state index in [1.165, 1.54) is 31.2 Å². The Balaban J connectivity index is 1.91. The number of para-hydroxylation sites is 1. The average molecular weight is 392 g/mol. The fraction of sp³-hybridized carbons (Fsp3) is 0.190. The van der Waals surface area contributed by atoms with Crippen LogP contribution in [0.2, 0.25) is 0 Å². The van der Waals surface area contributed by atoms with E-state index in [9.17, 15) is 14.4 Å². The Bertz CT molecular complexity index is 1040. The predicted molar refractivity (Wildman–Crippen MR) is 107 cm³/mol. The minimum absolute atomic E-state index is 0.0267. The Hall–Kier alpha value is -3.81. The molecule has 8 heteroatoms. The molecule has 1 aliphatic heterocycles. The molecule has 0 spiro atoms. The Labute approximate surface area is 168 Å². The van der Waals surface area contributed by atoms with Crippen molar-refractivity contribution in [3.8, 4) is 0 Å². The minimum atomic E-state index is -0.397. The summed E-state index contributed by atoms with van der Waals surface area (Å²) in [4.78, 5) is 39.5. The number of likely N-dealkylation sites (N-methyl/N-ethyl adjacent to an activating group) is 1. The first-order valence-electron chi connectivity index (χ1n) is 8.81. The SMILES string of the molecule is CO/C(C)=C(/N=Nc1ccc2c(c1)C(=O)N(C)C2=O)C(=O)N(C)c1ccccc1. The first kappa shape index (κ1) is 19.9. The molecule has 0 atom stereocenters. The number of nitrogens with zero attached hydrogens (tertiary/aromatic N) is 4. The number of ether oxygens (including phenoxy) is 1. The molecule has 1 aliphatic rings. The molecule has 0 N–H and O–H groups in total. The van der Waals surface area contributed by atoms with Gasteiger partial charge >= 0.3 is 0 Å². The number of fused-ring (bicyclic) bond motifs is 1. The summed E-state index contributed by atoms with van der Waals surface area (Å²) >= 11 is 0. The molecule has 0 saturated carbocycles. The molecule has 0 saturated heterocycles. The van der Waals surface area contributed by atoms with Crippen molar-refractivity contribution in [2.75, 3.05) is 26.1 Å². The number of allylic oxidation sites excluding steroid dienone is 1. The fourth-order valence-corrected chi connectivity index (χ4v) is 2.81. The number of rotatable bonds is 5. The van der Waals surface area contributed by atoms with Crippen LogP contribution in [0.4, 0.5) is 11.4 Å². The third-order valence-corrected chi connectivity index (χ3v) is 4.63. The number of carbonyl (C=O) groups excluding carboxylic acids is 3. The number of carbonyl (C=O) groups is 3. The van der Waals surface area contributed by atoms with Crippen LogP contribution in [0.5, 0.6) is 0 Å². The van der Waals surface area contributed by atoms with Crippen LogP contribution in [0.25, 0.3) is 0 Å². The molecule has 0 radical (unpaired) electrons. The van der Waals surface area contributed by atoms with Crippen molar-refractivity contribution in [2.45, 2.75) is 6.92 Å². The predicted octanol–water partition coefficient (Wildman–Crippen LogP) is 3.54. The van der Waals surface area contributed by atoms with E-state index < -0.39 is 11.8 Å². The largest absolute Gasteiger partial charge is 0.499 e. The number of benzene rings is 2. The molecular weight excluding hydrogens is 372 g/mol. The van der Waals surface area contributed by atoms with E-state index in [4.69, 9.17) is 4.74 Å². The maximum absolute atomic E-state index is 12.9. The molecule has 0 unspecified atom stereocenters. The summed E-state index contributed by atoms with van der Waals surface area (Å²) in [6.45, 7) is 1.62. The van der Waals surface area contributed by atoms with Crippen LogP contribution in [-0.4, -0.2) is 43.8 Å². The van der Waals surface area contributed by atoms with Crippen molar-refractivity contribution < 1.29 is 19.1 Å². The highest BCUT2D eigenvalue weighted by atomic mass is 16.5. The number of hydrogen-bond donors (Lipinski definition) is 0. The maximum atomic E-state index is 12.9. The monoisotopic (exact) mass is 392 g/mol. The average Bonchev–Trinajstić information content (AvgIpc) is 2.97. The summed E-state index contributed by atoms with van der Waals surface area (Å²) in [5.74, 6) is -0.852. The normalized spacial score (nSPS) is 14.1. The summed E-state index contributed by atoms with van der Waals surface area (Å²) in [6.07, 6.45) is 0. The van der Waals surface area contributed by atoms with Gasteiger partial charge in [0.1, 0.15) is 5.76 Å². The standard InChI is InChI=1S/C21H20N4O4/c1-13(29-4)18(21(28)24(2)15-8-6-5-7-9-15)23-22-14-10-11-16-17(12-14)20(27)25(3)19(16)26/h5-12H,1-4H3/b18-13+,23-22?. The van der Waals surface area contributed by atoms with Crippen molar-refractivity contribution in [1.82, 2.24) is 4.90 Å². The Kier molecular flexibility index (Phi) is 5.54. The van der Waals surface area contributed by atoms with Crippen molar-refractivity contribution >= 4 is 29.1 Å². The summed E-state index contributed by atoms with van der Waals surface area (Å²) in [7, 11) is 4.49. The topological polar surface area (TPSA) is 91.6 Å². The highest BCUT2D eigenvalue weighted by molar-refractivity contribution is 6.21. The minimum Gasteiger partial charge on any atom is -0.499 e. The van der Waals surface area contributed by atoms with Gasteiger partial charge < -0.3 is 9.64 Å². The molecule has 0 aliphatic carbocycles. The van der Waals surface area contributed by atoms with Gasteiger partial charge in [0.05, 0.1) is 23.9 Å². The lowest BCUT2D eigenvalue weighted by molar-refractivity contribution is -0.115. The number of azo groups is 1. The second-order valence-electron chi connectivity index (χ2n) is 6.41. The van der Waals surface area contributed by atoms with E-state index in [0.717, 1.165) is 4.90 Å². The second-order valence-corrected chi connectivity index (χ2v) is 6.41. The zero-order valence-corrected chi connectivity index (χ0v) is 16.5. The quantitative estimate of drug-likeness (QED) is 0.337. The molecule has 0 fully saturated rings. The number of amides is 3. The van der Waals surface area contributed by atoms with Gasteiger partial charge in [-0.15, -0.1) is 5.11 Å². The van der Waals surface area contributed by atoms with E-state index in [-0.39, 0.29) is 17.2 Å². The summed E-state index contributed by atoms with van der Waals surface area (Å²) in [5, 5.41) is 8.17. The smallest absolute Gasteiger partial charge is 0.282 e. The molecule has 29 heavy (non-hydrogen) atoms. The molecule has 2 aromatic rings. The molecule has 148 valence electrons. The summed E-state index contributed by atoms with van der Waals surface area (Å²) in [6, 6.07) is 13.7. The zero-order valence-electron chi connectivity index (χ0n) is 16.5. The lowest BCUT2D eigenvalue weighted by Gasteiger charge is -2.17. The zero-order chi connectivity index (χ0) is 21.1. The number of methoxy groups -OCH3 is 1. The van der Waals surface area contributed by atoms with Gasteiger partial charge in [-0.05, 0) is 37.3 Å². The summed E-state index contributed by atoms with van der Waals surface area (Å²) < 4.78 is 5.20. The molecule has 3 rings (SSSR count). The van der Waals surface area contributed by atoms with Gasteiger partial charge in [0.2, 0.25) is 0 Å². The van der Waals surface area contributed by atoms with E-state index >= 15 is 0 Å². The number of anilines is 1. The van der Waals surface area contributed by atoms with Crippen molar-refractivity contribution in [3.05, 3.63) is 71.1 Å². The number of imide groups is 1. The molecule has 0 bridgehead atoms. The van der Waals surface area contributed by atoms with Crippen molar-refractivity contribution in [2.24, 2.45) is 10.2 Å². The van der Waals surface area contributed by atoms with Crippen LogP contribution in [0, 0.1) is 0 Å². The molecule has 1 heterocycles. The van der Waals surface area contributed by atoms with E-state index in [2.05, 4.69) is 10.2 Å². The Morgan fingerprint density at radius 3 is 2.34 bits per heavy atom. The van der Waals surface area contributed by atoms with Crippen LogP contribution in [0.1, 0.15) is 27.6 Å². The lowest BCUT2D eigenvalue weighted by Crippen LogP contribution is -2.27. The van der Waals surface area contributed by atoms with E-state index in [1.54, 1.807) is 32.2 Å². The lowest BCUT2D eigenvalue weighted by atomic mass is 10.1. The maximum Gasteiger partial charge on any atom is 0.282 e. The van der Waals surface area contributed by atoms with Crippen LogP contribution in [-0.2, 0) is 9.53 Å². The van der Waals surface area contributed by atoms with Gasteiger partial charge in [0, 0.05) is 19.8 Å². The first-order chi connectivity index (χ1) is 13.8. The van der Waals surface area contributed by atoms with Gasteiger partial charge in [-0.25, -0.2) is 0 Å². The Morgan fingerprint density at radius 2 is 1.69 bits per heavy atom. The third-order valence-electron chi connectivity index (χ3n) is 4.63. The molecule has 0 aromatic heterocycles.